The second kappa shape index (κ2) is 8.89. The number of urea groups is 1. The highest BCUT2D eigenvalue weighted by Gasteiger charge is 2.22. The molecule has 24 heavy (non-hydrogen) atoms. The van der Waals surface area contributed by atoms with Gasteiger partial charge in [0, 0.05) is 31.7 Å². The van der Waals surface area contributed by atoms with Crippen LogP contribution in [0.4, 0.5) is 4.79 Å². The van der Waals surface area contributed by atoms with Gasteiger partial charge >= 0.3 is 6.03 Å². The zero-order valence-corrected chi connectivity index (χ0v) is 14.0. The number of ether oxygens (including phenoxy) is 3. The number of hydrogen-bond donors (Lipinski definition) is 2. The normalized spacial score (nSPS) is 22.5. The van der Waals surface area contributed by atoms with Gasteiger partial charge in [-0.2, -0.15) is 0 Å². The van der Waals surface area contributed by atoms with Crippen LogP contribution in [-0.2, 0) is 9.47 Å². The lowest BCUT2D eigenvalue weighted by Crippen LogP contribution is -2.40. The molecule has 2 aliphatic rings. The maximum atomic E-state index is 12.0. The molecule has 0 aliphatic carbocycles. The lowest BCUT2D eigenvalue weighted by atomic mass is 10.0. The van der Waals surface area contributed by atoms with Crippen LogP contribution in [0.3, 0.4) is 0 Å². The van der Waals surface area contributed by atoms with Gasteiger partial charge in [-0.1, -0.05) is 18.2 Å². The molecule has 3 rings (SSSR count). The molecule has 0 bridgehead atoms. The molecule has 1 aromatic carbocycles. The molecular weight excluding hydrogens is 308 g/mol. The van der Waals surface area contributed by atoms with Gasteiger partial charge in [0.25, 0.3) is 0 Å². The van der Waals surface area contributed by atoms with Crippen molar-refractivity contribution >= 4 is 6.03 Å². The lowest BCUT2D eigenvalue weighted by Gasteiger charge is -2.26. The molecule has 2 heterocycles. The van der Waals surface area contributed by atoms with E-state index in [4.69, 9.17) is 14.2 Å². The topological polar surface area (TPSA) is 68.8 Å². The number of rotatable bonds is 7. The van der Waals surface area contributed by atoms with Gasteiger partial charge in [-0.3, -0.25) is 0 Å². The van der Waals surface area contributed by atoms with Crippen LogP contribution in [-0.4, -0.2) is 45.1 Å². The Kier molecular flexibility index (Phi) is 6.32. The summed E-state index contributed by atoms with van der Waals surface area (Å²) in [5, 5.41) is 5.91. The van der Waals surface area contributed by atoms with Crippen LogP contribution in [0, 0.1) is 0 Å². The molecule has 2 N–H and O–H groups in total. The van der Waals surface area contributed by atoms with Crippen molar-refractivity contribution in [1.82, 2.24) is 10.6 Å². The summed E-state index contributed by atoms with van der Waals surface area (Å²) in [5.74, 6) is 0.858. The minimum absolute atomic E-state index is 0.00529. The molecule has 0 unspecified atom stereocenters. The van der Waals surface area contributed by atoms with E-state index in [0.717, 1.165) is 43.6 Å². The van der Waals surface area contributed by atoms with E-state index in [-0.39, 0.29) is 18.2 Å². The quantitative estimate of drug-likeness (QED) is 0.751. The zero-order chi connectivity index (χ0) is 16.6. The maximum Gasteiger partial charge on any atom is 0.315 e. The highest BCUT2D eigenvalue weighted by atomic mass is 16.5. The van der Waals surface area contributed by atoms with Crippen LogP contribution >= 0.6 is 0 Å². The summed E-state index contributed by atoms with van der Waals surface area (Å²) >= 11 is 0. The van der Waals surface area contributed by atoms with E-state index >= 15 is 0 Å². The minimum Gasteiger partial charge on any atom is -0.493 e. The molecule has 2 atom stereocenters. The van der Waals surface area contributed by atoms with Crippen molar-refractivity contribution in [2.24, 2.45) is 0 Å². The number of nitrogens with one attached hydrogen (secondary N) is 2. The third-order valence-corrected chi connectivity index (χ3v) is 4.34. The second-order valence-electron chi connectivity index (χ2n) is 6.19. The first kappa shape index (κ1) is 17.0. The number of carbonyl (C=O) groups is 1. The molecule has 1 saturated heterocycles. The van der Waals surface area contributed by atoms with E-state index in [9.17, 15) is 4.79 Å². The molecule has 6 nitrogen and oxygen atoms in total. The Labute approximate surface area is 142 Å². The molecule has 6 heteroatoms. The van der Waals surface area contributed by atoms with Crippen molar-refractivity contribution in [3.05, 3.63) is 29.8 Å². The highest BCUT2D eigenvalue weighted by Crippen LogP contribution is 2.31. The van der Waals surface area contributed by atoms with Crippen LogP contribution in [0.25, 0.3) is 0 Å². The third-order valence-electron chi connectivity index (χ3n) is 4.34. The fourth-order valence-electron chi connectivity index (χ4n) is 3.07. The lowest BCUT2D eigenvalue weighted by molar-refractivity contribution is 0.0167. The standard InChI is InChI=1S/C18H26N2O4/c21-18(19-9-4-10-22-13-14-5-3-11-23-14)20-16-8-12-24-17-7-2-1-6-15(16)17/h1-2,6-7,14,16H,3-5,8-13H2,(H2,19,20,21)/t14-,16+/m1/s1. The van der Waals surface area contributed by atoms with Gasteiger partial charge in [-0.15, -0.1) is 0 Å². The fraction of sp³-hybridized carbons (Fsp3) is 0.611. The number of carbonyl (C=O) groups excluding carboxylic acids is 1. The molecule has 0 spiro atoms. The van der Waals surface area contributed by atoms with E-state index in [1.807, 2.05) is 24.3 Å². The molecule has 2 amide bonds. The maximum absolute atomic E-state index is 12.0. The predicted molar refractivity (Wildman–Crippen MR) is 90.2 cm³/mol. The van der Waals surface area contributed by atoms with Gasteiger partial charge in [0.1, 0.15) is 5.75 Å². The Hall–Kier alpha value is -1.79. The van der Waals surface area contributed by atoms with Gasteiger partial charge in [0.05, 0.1) is 25.4 Å². The van der Waals surface area contributed by atoms with Gasteiger partial charge < -0.3 is 24.8 Å². The number of fused-ring (bicyclic) bond motifs is 1. The van der Waals surface area contributed by atoms with E-state index in [1.54, 1.807) is 0 Å². The van der Waals surface area contributed by atoms with Crippen molar-refractivity contribution in [2.75, 3.05) is 33.0 Å². The highest BCUT2D eigenvalue weighted by molar-refractivity contribution is 5.74. The summed E-state index contributed by atoms with van der Waals surface area (Å²) in [4.78, 5) is 12.0. The molecule has 132 valence electrons. The smallest absolute Gasteiger partial charge is 0.315 e. The van der Waals surface area contributed by atoms with Crippen LogP contribution in [0.5, 0.6) is 5.75 Å². The van der Waals surface area contributed by atoms with E-state index in [1.165, 1.54) is 0 Å². The number of hydrogen-bond acceptors (Lipinski definition) is 4. The van der Waals surface area contributed by atoms with Crippen molar-refractivity contribution in [3.63, 3.8) is 0 Å². The fourth-order valence-corrected chi connectivity index (χ4v) is 3.07. The van der Waals surface area contributed by atoms with E-state index < -0.39 is 0 Å². The molecular formula is C18H26N2O4. The Balaban J connectivity index is 1.30. The largest absolute Gasteiger partial charge is 0.493 e. The second-order valence-corrected chi connectivity index (χ2v) is 6.19. The molecule has 0 aromatic heterocycles. The van der Waals surface area contributed by atoms with Gasteiger partial charge in [-0.25, -0.2) is 4.79 Å². The summed E-state index contributed by atoms with van der Waals surface area (Å²) in [7, 11) is 0. The predicted octanol–water partition coefficient (Wildman–Crippen LogP) is 2.40. The number of benzene rings is 1. The molecule has 1 aromatic rings. The average Bonchev–Trinajstić information content (AvgIpc) is 3.12. The Morgan fingerprint density at radius 3 is 3.04 bits per heavy atom. The Bertz CT molecular complexity index is 532. The summed E-state index contributed by atoms with van der Waals surface area (Å²) in [6.07, 6.45) is 4.06. The third kappa shape index (κ3) is 4.85. The zero-order valence-electron chi connectivity index (χ0n) is 14.0. The van der Waals surface area contributed by atoms with Crippen LogP contribution in [0.15, 0.2) is 24.3 Å². The van der Waals surface area contributed by atoms with Crippen LogP contribution in [0.1, 0.15) is 37.3 Å². The number of amides is 2. The van der Waals surface area contributed by atoms with Crippen molar-refractivity contribution in [2.45, 2.75) is 37.8 Å². The van der Waals surface area contributed by atoms with E-state index in [0.29, 0.717) is 26.4 Å². The summed E-state index contributed by atoms with van der Waals surface area (Å²) < 4.78 is 16.7. The van der Waals surface area contributed by atoms with Crippen molar-refractivity contribution in [1.29, 1.82) is 0 Å². The summed E-state index contributed by atoms with van der Waals surface area (Å²) in [6, 6.07) is 7.70. The first-order valence-electron chi connectivity index (χ1n) is 8.78. The van der Waals surface area contributed by atoms with Crippen molar-refractivity contribution in [3.8, 4) is 5.75 Å². The molecule has 1 fully saturated rings. The molecule has 0 radical (unpaired) electrons. The van der Waals surface area contributed by atoms with Crippen molar-refractivity contribution < 1.29 is 19.0 Å². The average molecular weight is 334 g/mol. The van der Waals surface area contributed by atoms with Gasteiger partial charge in [0.15, 0.2) is 0 Å². The van der Waals surface area contributed by atoms with E-state index in [2.05, 4.69) is 10.6 Å². The molecule has 0 saturated carbocycles. The SMILES string of the molecule is O=C(NCCCOC[C@H]1CCCO1)N[C@H]1CCOc2ccccc21. The first-order valence-corrected chi connectivity index (χ1v) is 8.78. The monoisotopic (exact) mass is 334 g/mol. The van der Waals surface area contributed by atoms with Crippen LogP contribution < -0.4 is 15.4 Å². The van der Waals surface area contributed by atoms with Gasteiger partial charge in [-0.05, 0) is 25.3 Å². The Morgan fingerprint density at radius 2 is 2.17 bits per heavy atom. The van der Waals surface area contributed by atoms with Crippen LogP contribution in [0.2, 0.25) is 0 Å². The Morgan fingerprint density at radius 1 is 1.25 bits per heavy atom. The van der Waals surface area contributed by atoms with Gasteiger partial charge in [0.2, 0.25) is 0 Å². The molecule has 2 aliphatic heterocycles. The number of para-hydroxylation sites is 1. The minimum atomic E-state index is -0.143. The summed E-state index contributed by atoms with van der Waals surface area (Å²) in [6.45, 7) is 3.37. The summed E-state index contributed by atoms with van der Waals surface area (Å²) in [5.41, 5.74) is 1.04. The first-order chi connectivity index (χ1) is 11.8.